The Balaban J connectivity index is 2.47. The largest absolute Gasteiger partial charge is 0.369 e. The number of nitrogens with zero attached hydrogens (tertiary/aromatic N) is 2. The van der Waals surface area contributed by atoms with Crippen molar-refractivity contribution in [3.8, 4) is 0 Å². The minimum atomic E-state index is 0.278. The maximum Gasteiger partial charge on any atom is 0.134 e. The van der Waals surface area contributed by atoms with E-state index in [2.05, 4.69) is 36.1 Å². The molecule has 0 amide bonds. The van der Waals surface area contributed by atoms with Gasteiger partial charge in [0.1, 0.15) is 16.8 Å². The van der Waals surface area contributed by atoms with Gasteiger partial charge in [-0.2, -0.15) is 0 Å². The maximum absolute atomic E-state index is 5.91. The van der Waals surface area contributed by atoms with Gasteiger partial charge in [0.2, 0.25) is 0 Å². The predicted molar refractivity (Wildman–Crippen MR) is 78.2 cm³/mol. The summed E-state index contributed by atoms with van der Waals surface area (Å²) in [6.07, 6.45) is 5.09. The highest BCUT2D eigenvalue weighted by molar-refractivity contribution is 6.29. The molecular weight excluding hydrogens is 246 g/mol. The summed E-state index contributed by atoms with van der Waals surface area (Å²) < 4.78 is 0. The van der Waals surface area contributed by atoms with Gasteiger partial charge in [0, 0.05) is 12.6 Å². The van der Waals surface area contributed by atoms with Crippen molar-refractivity contribution in [2.24, 2.45) is 5.41 Å². The van der Waals surface area contributed by atoms with E-state index >= 15 is 0 Å². The maximum atomic E-state index is 5.91. The molecule has 0 unspecified atom stereocenters. The Hall–Kier alpha value is -0.830. The third-order valence-electron chi connectivity index (χ3n) is 3.01. The summed E-state index contributed by atoms with van der Waals surface area (Å²) in [5, 5.41) is 3.85. The molecule has 1 N–H and O–H groups in total. The van der Waals surface area contributed by atoms with E-state index < -0.39 is 0 Å². The second kappa shape index (κ2) is 6.93. The normalized spacial score (nSPS) is 11.6. The fourth-order valence-electron chi connectivity index (χ4n) is 1.89. The third-order valence-corrected chi connectivity index (χ3v) is 3.21. The highest BCUT2D eigenvalue weighted by atomic mass is 35.5. The van der Waals surface area contributed by atoms with Crippen molar-refractivity contribution in [2.45, 2.75) is 53.4 Å². The van der Waals surface area contributed by atoms with Crippen LogP contribution >= 0.6 is 11.6 Å². The van der Waals surface area contributed by atoms with Gasteiger partial charge in [-0.15, -0.1) is 0 Å². The number of nitrogens with one attached hydrogen (secondary N) is 1. The van der Waals surface area contributed by atoms with Crippen molar-refractivity contribution in [3.63, 3.8) is 0 Å². The van der Waals surface area contributed by atoms with Crippen molar-refractivity contribution in [1.29, 1.82) is 0 Å². The molecule has 3 nitrogen and oxygen atoms in total. The van der Waals surface area contributed by atoms with Crippen LogP contribution in [0, 0.1) is 12.3 Å². The van der Waals surface area contributed by atoms with Gasteiger partial charge in [-0.3, -0.25) is 0 Å². The molecule has 0 radical (unpaired) electrons. The van der Waals surface area contributed by atoms with E-state index in [0.717, 1.165) is 12.4 Å². The van der Waals surface area contributed by atoms with Gasteiger partial charge in [-0.1, -0.05) is 51.6 Å². The lowest BCUT2D eigenvalue weighted by atomic mass is 9.87. The van der Waals surface area contributed by atoms with Crippen molar-refractivity contribution >= 4 is 17.4 Å². The lowest BCUT2D eigenvalue weighted by Gasteiger charge is -2.25. The number of hydrogen-bond donors (Lipinski definition) is 1. The first kappa shape index (κ1) is 15.2. The van der Waals surface area contributed by atoms with Crippen LogP contribution in [0.3, 0.4) is 0 Å². The van der Waals surface area contributed by atoms with Gasteiger partial charge in [0.25, 0.3) is 0 Å². The number of aromatic nitrogens is 2. The molecule has 1 heterocycles. The van der Waals surface area contributed by atoms with Crippen LogP contribution in [-0.2, 0) is 0 Å². The third kappa shape index (κ3) is 5.67. The number of unbranched alkanes of at least 4 members (excludes halogenated alkanes) is 2. The monoisotopic (exact) mass is 269 g/mol. The molecule has 1 rings (SSSR count). The molecule has 0 fully saturated rings. The first-order valence-corrected chi connectivity index (χ1v) is 7.06. The van der Waals surface area contributed by atoms with Crippen LogP contribution in [0.15, 0.2) is 6.07 Å². The van der Waals surface area contributed by atoms with Gasteiger partial charge >= 0.3 is 0 Å². The smallest absolute Gasteiger partial charge is 0.134 e. The van der Waals surface area contributed by atoms with Crippen LogP contribution in [0.25, 0.3) is 0 Å². The van der Waals surface area contributed by atoms with E-state index in [4.69, 9.17) is 11.6 Å². The molecule has 1 aromatic heterocycles. The van der Waals surface area contributed by atoms with Crippen LogP contribution < -0.4 is 5.32 Å². The highest BCUT2D eigenvalue weighted by Crippen LogP contribution is 2.24. The first-order valence-electron chi connectivity index (χ1n) is 6.68. The molecule has 0 aliphatic rings. The summed E-state index contributed by atoms with van der Waals surface area (Å²) in [4.78, 5) is 8.38. The minimum Gasteiger partial charge on any atom is -0.369 e. The number of anilines is 1. The summed E-state index contributed by atoms with van der Waals surface area (Å²) >= 11 is 5.91. The number of hydrogen-bond acceptors (Lipinski definition) is 3. The standard InChI is InChI=1S/C14H24ClN3/c1-5-6-7-8-14(3,4)10-16-13-9-12(15)17-11(2)18-13/h9H,5-8,10H2,1-4H3,(H,16,17,18). The van der Waals surface area contributed by atoms with Crippen LogP contribution in [0.1, 0.15) is 52.3 Å². The zero-order valence-electron chi connectivity index (χ0n) is 11.9. The van der Waals surface area contributed by atoms with E-state index in [0.29, 0.717) is 11.0 Å². The molecule has 0 bridgehead atoms. The van der Waals surface area contributed by atoms with Gasteiger partial charge in [-0.05, 0) is 18.8 Å². The zero-order valence-corrected chi connectivity index (χ0v) is 12.6. The lowest BCUT2D eigenvalue weighted by Crippen LogP contribution is -2.23. The Morgan fingerprint density at radius 1 is 1.28 bits per heavy atom. The second-order valence-electron chi connectivity index (χ2n) is 5.60. The molecule has 0 atom stereocenters. The average molecular weight is 270 g/mol. The molecule has 0 aromatic carbocycles. The predicted octanol–water partition coefficient (Wildman–Crippen LogP) is 4.46. The average Bonchev–Trinajstić information content (AvgIpc) is 2.25. The molecule has 0 aliphatic heterocycles. The van der Waals surface area contributed by atoms with Gasteiger partial charge < -0.3 is 5.32 Å². The van der Waals surface area contributed by atoms with E-state index in [-0.39, 0.29) is 5.41 Å². The van der Waals surface area contributed by atoms with Crippen molar-refractivity contribution in [2.75, 3.05) is 11.9 Å². The Kier molecular flexibility index (Phi) is 5.86. The van der Waals surface area contributed by atoms with E-state index in [1.165, 1.54) is 25.7 Å². The first-order chi connectivity index (χ1) is 8.43. The Labute approximate surface area is 115 Å². The van der Waals surface area contributed by atoms with E-state index in [1.807, 2.05) is 6.92 Å². The second-order valence-corrected chi connectivity index (χ2v) is 5.99. The van der Waals surface area contributed by atoms with Gasteiger partial charge in [0.15, 0.2) is 0 Å². The highest BCUT2D eigenvalue weighted by Gasteiger charge is 2.17. The van der Waals surface area contributed by atoms with Gasteiger partial charge in [-0.25, -0.2) is 9.97 Å². The quantitative estimate of drug-likeness (QED) is 0.587. The molecule has 4 heteroatoms. The topological polar surface area (TPSA) is 37.8 Å². The Morgan fingerprint density at radius 3 is 2.61 bits per heavy atom. The molecule has 0 aliphatic carbocycles. The number of rotatable bonds is 7. The molecule has 0 saturated carbocycles. The SMILES string of the molecule is CCCCCC(C)(C)CNc1cc(Cl)nc(C)n1. The van der Waals surface area contributed by atoms with Crippen LogP contribution in [0.4, 0.5) is 5.82 Å². The van der Waals surface area contributed by atoms with Crippen LogP contribution in [-0.4, -0.2) is 16.5 Å². The Morgan fingerprint density at radius 2 is 2.00 bits per heavy atom. The molecule has 18 heavy (non-hydrogen) atoms. The van der Waals surface area contributed by atoms with Crippen molar-refractivity contribution in [1.82, 2.24) is 9.97 Å². The van der Waals surface area contributed by atoms with Crippen molar-refractivity contribution in [3.05, 3.63) is 17.0 Å². The molecular formula is C14H24ClN3. The lowest BCUT2D eigenvalue weighted by molar-refractivity contribution is 0.342. The zero-order chi connectivity index (χ0) is 13.6. The summed E-state index contributed by atoms with van der Waals surface area (Å²) in [6.45, 7) is 9.56. The van der Waals surface area contributed by atoms with Gasteiger partial charge in [0.05, 0.1) is 0 Å². The number of halogens is 1. The van der Waals surface area contributed by atoms with Crippen molar-refractivity contribution < 1.29 is 0 Å². The molecule has 0 spiro atoms. The molecule has 102 valence electrons. The molecule has 1 aromatic rings. The number of aryl methyl sites for hydroxylation is 1. The van der Waals surface area contributed by atoms with E-state index in [9.17, 15) is 0 Å². The van der Waals surface area contributed by atoms with Crippen LogP contribution in [0.2, 0.25) is 5.15 Å². The van der Waals surface area contributed by atoms with Crippen LogP contribution in [0.5, 0.6) is 0 Å². The minimum absolute atomic E-state index is 0.278. The fraction of sp³-hybridized carbons (Fsp3) is 0.714. The summed E-state index contributed by atoms with van der Waals surface area (Å²) in [7, 11) is 0. The molecule has 0 saturated heterocycles. The Bertz CT molecular complexity index is 357. The summed E-state index contributed by atoms with van der Waals surface area (Å²) in [5.74, 6) is 1.52. The summed E-state index contributed by atoms with van der Waals surface area (Å²) in [6, 6.07) is 1.77. The summed E-state index contributed by atoms with van der Waals surface area (Å²) in [5.41, 5.74) is 0.278. The van der Waals surface area contributed by atoms with E-state index in [1.54, 1.807) is 6.07 Å². The fourth-order valence-corrected chi connectivity index (χ4v) is 2.12.